The summed E-state index contributed by atoms with van der Waals surface area (Å²) < 4.78 is 16.0. The van der Waals surface area contributed by atoms with Crippen LogP contribution in [0, 0.1) is 6.92 Å². The molecule has 0 radical (unpaired) electrons. The Kier molecular flexibility index (Phi) is 8.26. The molecule has 0 bridgehead atoms. The summed E-state index contributed by atoms with van der Waals surface area (Å²) in [4.78, 5) is 36.5. The molecule has 0 aromatic heterocycles. The molecule has 8 nitrogen and oxygen atoms in total. The maximum absolute atomic E-state index is 12.3. The number of ether oxygens (including phenoxy) is 3. The topological polar surface area (TPSA) is 103 Å². The lowest BCUT2D eigenvalue weighted by Crippen LogP contribution is -2.51. The molecular formula is C22H30N2O6. The van der Waals surface area contributed by atoms with Crippen LogP contribution in [0.4, 0.5) is 4.79 Å². The van der Waals surface area contributed by atoms with Crippen LogP contribution in [-0.2, 0) is 19.1 Å². The summed E-state index contributed by atoms with van der Waals surface area (Å²) in [6, 6.07) is 4.88. The van der Waals surface area contributed by atoms with Crippen LogP contribution >= 0.6 is 0 Å². The molecule has 1 atom stereocenters. The Balaban J connectivity index is 2.07. The van der Waals surface area contributed by atoms with E-state index in [4.69, 9.17) is 14.2 Å². The fraction of sp³-hybridized carbons (Fsp3) is 0.500. The molecule has 0 fully saturated rings. The van der Waals surface area contributed by atoms with Gasteiger partial charge in [-0.2, -0.15) is 0 Å². The summed E-state index contributed by atoms with van der Waals surface area (Å²) >= 11 is 0. The number of rotatable bonds is 9. The first-order valence-corrected chi connectivity index (χ1v) is 10.1. The Morgan fingerprint density at radius 1 is 1.17 bits per heavy atom. The Hall–Kier alpha value is -3.03. The van der Waals surface area contributed by atoms with E-state index in [1.807, 2.05) is 45.9 Å². The van der Waals surface area contributed by atoms with Crippen molar-refractivity contribution in [1.82, 2.24) is 10.6 Å². The van der Waals surface area contributed by atoms with Crippen molar-refractivity contribution in [3.05, 3.63) is 40.6 Å². The van der Waals surface area contributed by atoms with Gasteiger partial charge in [0.2, 0.25) is 0 Å². The van der Waals surface area contributed by atoms with Crippen LogP contribution < -0.4 is 15.4 Å². The summed E-state index contributed by atoms with van der Waals surface area (Å²) in [6.45, 7) is 9.22. The zero-order chi connectivity index (χ0) is 22.3. The third-order valence-corrected chi connectivity index (χ3v) is 4.66. The number of hydrogen-bond donors (Lipinski definition) is 2. The molecule has 0 saturated heterocycles. The van der Waals surface area contributed by atoms with Crippen LogP contribution in [0.25, 0.3) is 0 Å². The van der Waals surface area contributed by atoms with Gasteiger partial charge < -0.3 is 24.8 Å². The van der Waals surface area contributed by atoms with E-state index in [9.17, 15) is 14.4 Å². The number of carbonyl (C=O) groups excluding carboxylic acids is 3. The van der Waals surface area contributed by atoms with E-state index in [-0.39, 0.29) is 37.0 Å². The monoisotopic (exact) mass is 418 g/mol. The van der Waals surface area contributed by atoms with Crippen LogP contribution in [0.1, 0.15) is 51.2 Å². The van der Waals surface area contributed by atoms with E-state index < -0.39 is 24.0 Å². The Morgan fingerprint density at radius 3 is 2.53 bits per heavy atom. The molecule has 0 spiro atoms. The predicted molar refractivity (Wildman–Crippen MR) is 111 cm³/mol. The van der Waals surface area contributed by atoms with Gasteiger partial charge >= 0.3 is 18.0 Å². The van der Waals surface area contributed by atoms with Gasteiger partial charge in [-0.25, -0.2) is 14.4 Å². The number of carbonyl (C=O) groups is 3. The molecule has 2 N–H and O–H groups in total. The average molecular weight is 418 g/mol. The zero-order valence-corrected chi connectivity index (χ0v) is 18.2. The lowest BCUT2D eigenvalue weighted by atomic mass is 10.0. The smallest absolute Gasteiger partial charge is 0.344 e. The highest BCUT2D eigenvalue weighted by atomic mass is 16.6. The highest BCUT2D eigenvalue weighted by molar-refractivity contribution is 5.94. The van der Waals surface area contributed by atoms with E-state index in [2.05, 4.69) is 10.6 Å². The van der Waals surface area contributed by atoms with Crippen molar-refractivity contribution < 1.29 is 28.6 Å². The van der Waals surface area contributed by atoms with Gasteiger partial charge in [-0.3, -0.25) is 0 Å². The second-order valence-electron chi connectivity index (χ2n) is 7.32. The van der Waals surface area contributed by atoms with Gasteiger partial charge in [-0.05, 0) is 43.4 Å². The molecule has 1 aromatic carbocycles. The van der Waals surface area contributed by atoms with Crippen LogP contribution in [0.15, 0.2) is 29.5 Å². The van der Waals surface area contributed by atoms with Crippen LogP contribution in [0.3, 0.4) is 0 Å². The highest BCUT2D eigenvalue weighted by Gasteiger charge is 2.32. The van der Waals surface area contributed by atoms with Crippen molar-refractivity contribution in [3.63, 3.8) is 0 Å². The number of benzene rings is 1. The van der Waals surface area contributed by atoms with E-state index in [0.29, 0.717) is 12.2 Å². The summed E-state index contributed by atoms with van der Waals surface area (Å²) in [5.74, 6) is -0.289. The Bertz CT molecular complexity index is 831. The number of urea groups is 1. The second kappa shape index (κ2) is 10.7. The molecule has 1 aromatic rings. The SMILES string of the molecule is CCOC(=O)C1=C(COC(=O)COc2cc(C)ccc2C(C)C)NC(=O)N[C@@H]1CC. The van der Waals surface area contributed by atoms with Gasteiger partial charge in [-0.15, -0.1) is 0 Å². The number of aryl methyl sites for hydroxylation is 1. The largest absolute Gasteiger partial charge is 0.482 e. The first-order chi connectivity index (χ1) is 14.3. The molecule has 0 unspecified atom stereocenters. The van der Waals surface area contributed by atoms with E-state index in [0.717, 1.165) is 11.1 Å². The van der Waals surface area contributed by atoms with Crippen LogP contribution in [0.2, 0.25) is 0 Å². The minimum atomic E-state index is -0.609. The Labute approximate surface area is 176 Å². The van der Waals surface area contributed by atoms with Crippen molar-refractivity contribution in [1.29, 1.82) is 0 Å². The molecule has 8 heteroatoms. The minimum Gasteiger partial charge on any atom is -0.482 e. The number of amides is 2. The molecule has 30 heavy (non-hydrogen) atoms. The van der Waals surface area contributed by atoms with Crippen LogP contribution in [0.5, 0.6) is 5.75 Å². The standard InChI is InChI=1S/C22H30N2O6/c1-6-16-20(21(26)28-7-2)17(24-22(27)23-16)11-30-19(25)12-29-18-10-14(5)8-9-15(18)13(3)4/h8-10,13,16H,6-7,11-12H2,1-5H3,(H2,23,24,27)/t16-/m1/s1. The first-order valence-electron chi connectivity index (χ1n) is 10.1. The van der Waals surface area contributed by atoms with E-state index in [1.54, 1.807) is 6.92 Å². The van der Waals surface area contributed by atoms with Crippen molar-refractivity contribution >= 4 is 18.0 Å². The fourth-order valence-electron chi connectivity index (χ4n) is 3.15. The maximum atomic E-state index is 12.3. The highest BCUT2D eigenvalue weighted by Crippen LogP contribution is 2.27. The van der Waals surface area contributed by atoms with Crippen molar-refractivity contribution in [2.45, 2.75) is 53.0 Å². The lowest BCUT2D eigenvalue weighted by Gasteiger charge is -2.28. The van der Waals surface area contributed by atoms with Gasteiger partial charge in [0.15, 0.2) is 6.61 Å². The van der Waals surface area contributed by atoms with Gasteiger partial charge in [-0.1, -0.05) is 32.9 Å². The average Bonchev–Trinajstić information content (AvgIpc) is 2.69. The van der Waals surface area contributed by atoms with Gasteiger partial charge in [0, 0.05) is 0 Å². The van der Waals surface area contributed by atoms with E-state index in [1.165, 1.54) is 0 Å². The molecule has 2 amide bonds. The molecular weight excluding hydrogens is 388 g/mol. The predicted octanol–water partition coefficient (Wildman–Crippen LogP) is 2.95. The van der Waals surface area contributed by atoms with Crippen molar-refractivity contribution in [2.75, 3.05) is 19.8 Å². The zero-order valence-electron chi connectivity index (χ0n) is 18.2. The summed E-state index contributed by atoms with van der Waals surface area (Å²) in [7, 11) is 0. The van der Waals surface area contributed by atoms with Crippen LogP contribution in [-0.4, -0.2) is 43.8 Å². The maximum Gasteiger partial charge on any atom is 0.344 e. The minimum absolute atomic E-state index is 0.197. The second-order valence-corrected chi connectivity index (χ2v) is 7.32. The molecule has 2 rings (SSSR count). The summed E-state index contributed by atoms with van der Waals surface area (Å²) in [5.41, 5.74) is 2.50. The molecule has 1 aliphatic rings. The third kappa shape index (κ3) is 5.98. The molecule has 0 aliphatic carbocycles. The van der Waals surface area contributed by atoms with E-state index >= 15 is 0 Å². The normalized spacial score (nSPS) is 16.1. The third-order valence-electron chi connectivity index (χ3n) is 4.66. The van der Waals surface area contributed by atoms with Gasteiger partial charge in [0.25, 0.3) is 0 Å². The van der Waals surface area contributed by atoms with Gasteiger partial charge in [0.1, 0.15) is 12.4 Å². The molecule has 0 saturated carbocycles. The van der Waals surface area contributed by atoms with Crippen molar-refractivity contribution in [2.24, 2.45) is 0 Å². The number of esters is 2. The quantitative estimate of drug-likeness (QED) is 0.598. The molecule has 164 valence electrons. The Morgan fingerprint density at radius 2 is 1.90 bits per heavy atom. The number of nitrogens with one attached hydrogen (secondary N) is 2. The fourth-order valence-corrected chi connectivity index (χ4v) is 3.15. The van der Waals surface area contributed by atoms with Crippen molar-refractivity contribution in [3.8, 4) is 5.75 Å². The van der Waals surface area contributed by atoms with Gasteiger partial charge in [0.05, 0.1) is 23.9 Å². The summed E-state index contributed by atoms with van der Waals surface area (Å²) in [6.07, 6.45) is 0.494. The number of hydrogen-bond acceptors (Lipinski definition) is 6. The first kappa shape index (κ1) is 23.3. The summed E-state index contributed by atoms with van der Waals surface area (Å²) in [5, 5.41) is 5.21. The molecule has 1 aliphatic heterocycles. The molecule has 1 heterocycles. The lowest BCUT2D eigenvalue weighted by molar-refractivity contribution is -0.145.